The molecule has 0 spiro atoms. The summed E-state index contributed by atoms with van der Waals surface area (Å²) in [4.78, 5) is 19.1. The summed E-state index contributed by atoms with van der Waals surface area (Å²) >= 11 is 0. The van der Waals surface area contributed by atoms with E-state index in [1.54, 1.807) is 0 Å². The number of aromatic nitrogens is 3. The van der Waals surface area contributed by atoms with Crippen molar-refractivity contribution in [3.05, 3.63) is 41.7 Å². The zero-order valence-electron chi connectivity index (χ0n) is 14.3. The Morgan fingerprint density at radius 1 is 1.28 bits per heavy atom. The Balaban J connectivity index is 1.54. The number of amides is 1. The van der Waals surface area contributed by atoms with Crippen molar-refractivity contribution in [3.8, 4) is 0 Å². The molecule has 0 N–H and O–H groups in total. The molecule has 1 atom stereocenters. The summed E-state index contributed by atoms with van der Waals surface area (Å²) in [5.41, 5.74) is 1.37. The minimum atomic E-state index is -0.123. The van der Waals surface area contributed by atoms with Crippen LogP contribution in [0.5, 0.6) is 0 Å². The smallest absolute Gasteiger partial charge is 0.229 e. The Bertz CT molecular complexity index is 899. The van der Waals surface area contributed by atoms with Gasteiger partial charge in [0.15, 0.2) is 11.4 Å². The lowest BCUT2D eigenvalue weighted by molar-refractivity contribution is -0.131. The summed E-state index contributed by atoms with van der Waals surface area (Å²) in [5.74, 6) is 1.39. The molecule has 1 amide bonds. The molecule has 7 heteroatoms. The maximum absolute atomic E-state index is 12.8. The second kappa shape index (κ2) is 6.31. The zero-order valence-corrected chi connectivity index (χ0v) is 14.3. The molecule has 0 radical (unpaired) electrons. The summed E-state index contributed by atoms with van der Waals surface area (Å²) in [6.07, 6.45) is 1.99. The number of likely N-dealkylation sites (tertiary alicyclic amines) is 1. The van der Waals surface area contributed by atoms with Gasteiger partial charge in [-0.1, -0.05) is 36.3 Å². The quantitative estimate of drug-likeness (QED) is 0.725. The molecule has 0 saturated carbocycles. The van der Waals surface area contributed by atoms with Crippen molar-refractivity contribution >= 4 is 16.9 Å². The number of rotatable bonds is 4. The van der Waals surface area contributed by atoms with Gasteiger partial charge in [0.05, 0.1) is 12.5 Å². The molecular weight excluding hydrogens is 320 g/mol. The lowest BCUT2D eigenvalue weighted by Gasteiger charge is -2.21. The van der Waals surface area contributed by atoms with Gasteiger partial charge in [0.2, 0.25) is 11.8 Å². The van der Waals surface area contributed by atoms with E-state index in [0.29, 0.717) is 29.5 Å². The molecule has 1 fully saturated rings. The highest BCUT2D eigenvalue weighted by Gasteiger charge is 2.34. The average Bonchev–Trinajstić information content (AvgIpc) is 3.34. The van der Waals surface area contributed by atoms with Crippen molar-refractivity contribution in [3.63, 3.8) is 0 Å². The predicted octanol–water partition coefficient (Wildman–Crippen LogP) is 3.24. The predicted molar refractivity (Wildman–Crippen MR) is 89.8 cm³/mol. The Labute approximate surface area is 145 Å². The third kappa shape index (κ3) is 2.90. The fourth-order valence-corrected chi connectivity index (χ4v) is 3.26. The first-order valence-electron chi connectivity index (χ1n) is 8.59. The van der Waals surface area contributed by atoms with E-state index < -0.39 is 0 Å². The number of fused-ring (bicyclic) bond motifs is 1. The third-order valence-electron chi connectivity index (χ3n) is 4.59. The van der Waals surface area contributed by atoms with Crippen molar-refractivity contribution in [2.45, 2.75) is 45.1 Å². The molecule has 0 bridgehead atoms. The van der Waals surface area contributed by atoms with E-state index in [1.165, 1.54) is 0 Å². The van der Waals surface area contributed by atoms with Crippen LogP contribution in [0.25, 0.3) is 11.0 Å². The number of carbonyl (C=O) groups is 1. The standard InChI is InChI=1S/C18H20N4O3/c1-11(2)18-19-17(21-25-18)14-7-5-9-22(14)16(23)10-13-12-6-3-4-8-15(12)24-20-13/h3-4,6,8,11,14H,5,7,9-10H2,1-2H3. The highest BCUT2D eigenvalue weighted by atomic mass is 16.5. The van der Waals surface area contributed by atoms with Crippen LogP contribution in [-0.2, 0) is 11.2 Å². The molecule has 1 aromatic carbocycles. The molecule has 1 aliphatic heterocycles. The van der Waals surface area contributed by atoms with Gasteiger partial charge in [-0.25, -0.2) is 0 Å². The van der Waals surface area contributed by atoms with Crippen LogP contribution in [0.1, 0.15) is 56.1 Å². The molecule has 2 aromatic heterocycles. The summed E-state index contributed by atoms with van der Waals surface area (Å²) in [5, 5.41) is 9.03. The molecule has 1 saturated heterocycles. The second-order valence-electron chi connectivity index (χ2n) is 6.69. The van der Waals surface area contributed by atoms with E-state index in [4.69, 9.17) is 9.05 Å². The first-order valence-corrected chi connectivity index (χ1v) is 8.59. The van der Waals surface area contributed by atoms with Gasteiger partial charge in [-0.15, -0.1) is 0 Å². The first kappa shape index (κ1) is 15.8. The van der Waals surface area contributed by atoms with Crippen LogP contribution in [0.3, 0.4) is 0 Å². The van der Waals surface area contributed by atoms with E-state index in [1.807, 2.05) is 43.0 Å². The number of nitrogens with zero attached hydrogens (tertiary/aromatic N) is 4. The Hall–Kier alpha value is -2.70. The second-order valence-corrected chi connectivity index (χ2v) is 6.69. The lowest BCUT2D eigenvalue weighted by atomic mass is 10.1. The molecular formula is C18H20N4O3. The Morgan fingerprint density at radius 3 is 2.92 bits per heavy atom. The Morgan fingerprint density at radius 2 is 2.12 bits per heavy atom. The number of benzene rings is 1. The number of hydrogen-bond donors (Lipinski definition) is 0. The summed E-state index contributed by atoms with van der Waals surface area (Å²) in [6.45, 7) is 4.71. The highest BCUT2D eigenvalue weighted by molar-refractivity contribution is 5.86. The fourth-order valence-electron chi connectivity index (χ4n) is 3.26. The van der Waals surface area contributed by atoms with Crippen molar-refractivity contribution < 1.29 is 13.8 Å². The third-order valence-corrected chi connectivity index (χ3v) is 4.59. The van der Waals surface area contributed by atoms with Gasteiger partial charge in [0.25, 0.3) is 0 Å². The molecule has 1 unspecified atom stereocenters. The van der Waals surface area contributed by atoms with Crippen LogP contribution >= 0.6 is 0 Å². The topological polar surface area (TPSA) is 85.3 Å². The summed E-state index contributed by atoms with van der Waals surface area (Å²) in [6, 6.07) is 7.45. The van der Waals surface area contributed by atoms with Crippen LogP contribution in [0, 0.1) is 0 Å². The number of carbonyl (C=O) groups excluding carboxylic acids is 1. The van der Waals surface area contributed by atoms with Gasteiger partial charge >= 0.3 is 0 Å². The molecule has 1 aliphatic rings. The van der Waals surface area contributed by atoms with Gasteiger partial charge in [-0.2, -0.15) is 4.98 Å². The van der Waals surface area contributed by atoms with Gasteiger partial charge in [0.1, 0.15) is 5.69 Å². The maximum atomic E-state index is 12.8. The van der Waals surface area contributed by atoms with E-state index in [9.17, 15) is 4.79 Å². The van der Waals surface area contributed by atoms with Gasteiger partial charge < -0.3 is 13.9 Å². The molecule has 3 heterocycles. The monoisotopic (exact) mass is 340 g/mol. The fraction of sp³-hybridized carbons (Fsp3) is 0.444. The average molecular weight is 340 g/mol. The van der Waals surface area contributed by atoms with Gasteiger partial charge in [-0.05, 0) is 25.0 Å². The minimum Gasteiger partial charge on any atom is -0.356 e. The van der Waals surface area contributed by atoms with Crippen LogP contribution in [0.4, 0.5) is 0 Å². The largest absolute Gasteiger partial charge is 0.356 e. The minimum absolute atomic E-state index is 0.0115. The lowest BCUT2D eigenvalue weighted by Crippen LogP contribution is -2.32. The van der Waals surface area contributed by atoms with Gasteiger partial charge in [0, 0.05) is 17.8 Å². The van der Waals surface area contributed by atoms with Crippen LogP contribution < -0.4 is 0 Å². The summed E-state index contributed by atoms with van der Waals surface area (Å²) in [7, 11) is 0. The van der Waals surface area contributed by atoms with Crippen molar-refractivity contribution in [1.29, 1.82) is 0 Å². The van der Waals surface area contributed by atoms with E-state index in [2.05, 4.69) is 15.3 Å². The van der Waals surface area contributed by atoms with Crippen LogP contribution in [0.2, 0.25) is 0 Å². The SMILES string of the molecule is CC(C)c1nc(C2CCCN2C(=O)Cc2noc3ccccc23)no1. The molecule has 25 heavy (non-hydrogen) atoms. The molecule has 3 aromatic rings. The van der Waals surface area contributed by atoms with Crippen LogP contribution in [0.15, 0.2) is 33.3 Å². The van der Waals surface area contributed by atoms with Gasteiger partial charge in [-0.3, -0.25) is 4.79 Å². The van der Waals surface area contributed by atoms with E-state index >= 15 is 0 Å². The normalized spacial score (nSPS) is 17.7. The number of para-hydroxylation sites is 1. The first-order chi connectivity index (χ1) is 12.1. The molecule has 7 nitrogen and oxygen atoms in total. The number of hydrogen-bond acceptors (Lipinski definition) is 6. The van der Waals surface area contributed by atoms with E-state index in [0.717, 1.165) is 18.2 Å². The van der Waals surface area contributed by atoms with Crippen molar-refractivity contribution in [2.75, 3.05) is 6.54 Å². The van der Waals surface area contributed by atoms with E-state index in [-0.39, 0.29) is 24.3 Å². The highest BCUT2D eigenvalue weighted by Crippen LogP contribution is 2.31. The Kier molecular flexibility index (Phi) is 3.99. The molecule has 130 valence electrons. The molecule has 0 aliphatic carbocycles. The van der Waals surface area contributed by atoms with Crippen molar-refractivity contribution in [1.82, 2.24) is 20.2 Å². The zero-order chi connectivity index (χ0) is 17.4. The maximum Gasteiger partial charge on any atom is 0.229 e. The van der Waals surface area contributed by atoms with Crippen molar-refractivity contribution in [2.24, 2.45) is 0 Å². The van der Waals surface area contributed by atoms with Crippen LogP contribution in [-0.4, -0.2) is 32.6 Å². The molecule has 4 rings (SSSR count). The summed E-state index contributed by atoms with van der Waals surface area (Å²) < 4.78 is 10.6.